The zero-order valence-corrected chi connectivity index (χ0v) is 19.7. The van der Waals surface area contributed by atoms with Gasteiger partial charge in [-0.15, -0.1) is 10.2 Å². The molecule has 1 amide bonds. The van der Waals surface area contributed by atoms with Crippen LogP contribution in [-0.2, 0) is 0 Å². The van der Waals surface area contributed by atoms with E-state index in [9.17, 15) is 4.79 Å². The molecule has 0 bridgehead atoms. The molecule has 0 saturated heterocycles. The highest BCUT2D eigenvalue weighted by Gasteiger charge is 2.20. The number of nitrogens with one attached hydrogen (secondary N) is 1. The van der Waals surface area contributed by atoms with Crippen LogP contribution in [0, 0.1) is 0 Å². The van der Waals surface area contributed by atoms with Crippen molar-refractivity contribution < 1.29 is 14.3 Å². The van der Waals surface area contributed by atoms with E-state index in [1.807, 2.05) is 49.3 Å². The van der Waals surface area contributed by atoms with E-state index in [0.29, 0.717) is 39.6 Å². The van der Waals surface area contributed by atoms with Crippen molar-refractivity contribution in [3.05, 3.63) is 72.3 Å². The molecule has 10 nitrogen and oxygen atoms in total. The molecular formula is C23H23N7O3S. The smallest absolute Gasteiger partial charge is 0.259 e. The third-order valence-corrected chi connectivity index (χ3v) is 5.56. The zero-order chi connectivity index (χ0) is 23.9. The molecule has 4 aromatic rings. The van der Waals surface area contributed by atoms with Crippen molar-refractivity contribution in [2.45, 2.75) is 6.10 Å². The molecule has 1 unspecified atom stereocenters. The molecule has 1 N–H and O–H groups in total. The van der Waals surface area contributed by atoms with E-state index in [2.05, 4.69) is 30.5 Å². The first-order chi connectivity index (χ1) is 16.5. The predicted molar refractivity (Wildman–Crippen MR) is 128 cm³/mol. The Bertz CT molecular complexity index is 1240. The van der Waals surface area contributed by atoms with Gasteiger partial charge in [-0.05, 0) is 25.7 Å². The quantitative estimate of drug-likeness (QED) is 0.387. The number of carbonyl (C=O) groups excluding carboxylic acids is 1. The van der Waals surface area contributed by atoms with Gasteiger partial charge in [-0.2, -0.15) is 0 Å². The largest absolute Gasteiger partial charge is 0.491 e. The summed E-state index contributed by atoms with van der Waals surface area (Å²) in [5.74, 6) is 0.263. The number of pyridine rings is 1. The number of ether oxygens (including phenoxy) is 2. The van der Waals surface area contributed by atoms with Gasteiger partial charge in [-0.3, -0.25) is 10.1 Å². The van der Waals surface area contributed by atoms with Crippen molar-refractivity contribution in [3.8, 4) is 22.3 Å². The molecule has 4 rings (SSSR count). The predicted octanol–water partition coefficient (Wildman–Crippen LogP) is 3.33. The van der Waals surface area contributed by atoms with E-state index < -0.39 is 5.91 Å². The lowest BCUT2D eigenvalue weighted by molar-refractivity contribution is 0.102. The van der Waals surface area contributed by atoms with Crippen LogP contribution < -0.4 is 14.8 Å². The summed E-state index contributed by atoms with van der Waals surface area (Å²) in [5, 5.41) is 11.7. The average Bonchev–Trinajstić information content (AvgIpc) is 3.33. The zero-order valence-electron chi connectivity index (χ0n) is 18.9. The van der Waals surface area contributed by atoms with Crippen LogP contribution in [0.15, 0.2) is 61.2 Å². The molecular weight excluding hydrogens is 454 g/mol. The molecule has 34 heavy (non-hydrogen) atoms. The molecule has 0 aliphatic carbocycles. The third-order valence-electron chi connectivity index (χ3n) is 4.70. The Morgan fingerprint density at radius 2 is 1.97 bits per heavy atom. The van der Waals surface area contributed by atoms with Gasteiger partial charge in [-0.25, -0.2) is 15.0 Å². The van der Waals surface area contributed by atoms with Crippen LogP contribution in [0.5, 0.6) is 11.6 Å². The summed E-state index contributed by atoms with van der Waals surface area (Å²) in [6.45, 7) is 0.642. The molecule has 3 aromatic heterocycles. The Kier molecular flexibility index (Phi) is 7.35. The summed E-state index contributed by atoms with van der Waals surface area (Å²) >= 11 is 1.21. The number of benzene rings is 1. The number of hydrogen-bond acceptors (Lipinski definition) is 10. The Morgan fingerprint density at radius 1 is 1.15 bits per heavy atom. The second-order valence-corrected chi connectivity index (χ2v) is 8.45. The minimum Gasteiger partial charge on any atom is -0.491 e. The van der Waals surface area contributed by atoms with Gasteiger partial charge in [-0.1, -0.05) is 41.7 Å². The molecule has 0 aliphatic heterocycles. The maximum atomic E-state index is 12.8. The molecule has 11 heteroatoms. The number of anilines is 1. The van der Waals surface area contributed by atoms with Crippen LogP contribution >= 0.6 is 11.3 Å². The number of aromatic nitrogens is 5. The average molecular weight is 478 g/mol. The lowest BCUT2D eigenvalue weighted by Crippen LogP contribution is -2.24. The summed E-state index contributed by atoms with van der Waals surface area (Å²) < 4.78 is 11.7. The van der Waals surface area contributed by atoms with Crippen LogP contribution in [0.2, 0.25) is 0 Å². The van der Waals surface area contributed by atoms with Gasteiger partial charge < -0.3 is 14.4 Å². The second-order valence-electron chi connectivity index (χ2n) is 7.47. The van der Waals surface area contributed by atoms with E-state index in [1.54, 1.807) is 18.3 Å². The first-order valence-corrected chi connectivity index (χ1v) is 11.2. The SMILES string of the molecule is COc1cc(C(=O)Nc2nnc(-c3ccncn3)s2)cnc1OC(CN(C)C)c1ccccc1. The summed E-state index contributed by atoms with van der Waals surface area (Å²) in [4.78, 5) is 27.2. The molecule has 0 fully saturated rings. The van der Waals surface area contributed by atoms with Gasteiger partial charge >= 0.3 is 0 Å². The summed E-state index contributed by atoms with van der Waals surface area (Å²) in [7, 11) is 5.45. The van der Waals surface area contributed by atoms with Crippen molar-refractivity contribution in [1.82, 2.24) is 30.0 Å². The Morgan fingerprint density at radius 3 is 2.68 bits per heavy atom. The van der Waals surface area contributed by atoms with Crippen LogP contribution in [0.3, 0.4) is 0 Å². The van der Waals surface area contributed by atoms with Gasteiger partial charge in [0.25, 0.3) is 11.8 Å². The van der Waals surface area contributed by atoms with E-state index >= 15 is 0 Å². The Balaban J connectivity index is 1.50. The van der Waals surface area contributed by atoms with Crippen molar-refractivity contribution in [1.29, 1.82) is 0 Å². The highest BCUT2D eigenvalue weighted by atomic mass is 32.1. The normalized spacial score (nSPS) is 11.8. The topological polar surface area (TPSA) is 115 Å². The number of carbonyl (C=O) groups is 1. The number of nitrogens with zero attached hydrogens (tertiary/aromatic N) is 6. The fourth-order valence-electron chi connectivity index (χ4n) is 3.10. The maximum Gasteiger partial charge on any atom is 0.259 e. The van der Waals surface area contributed by atoms with Crippen LogP contribution in [-0.4, -0.2) is 63.7 Å². The summed E-state index contributed by atoms with van der Waals surface area (Å²) in [6.07, 6.45) is 4.22. The summed E-state index contributed by atoms with van der Waals surface area (Å²) in [6, 6.07) is 13.2. The highest BCUT2D eigenvalue weighted by molar-refractivity contribution is 7.18. The lowest BCUT2D eigenvalue weighted by atomic mass is 10.1. The third kappa shape index (κ3) is 5.69. The first kappa shape index (κ1) is 23.2. The van der Waals surface area contributed by atoms with Gasteiger partial charge in [0.05, 0.1) is 12.7 Å². The minimum absolute atomic E-state index is 0.265. The number of hydrogen-bond donors (Lipinski definition) is 1. The van der Waals surface area contributed by atoms with Gasteiger partial charge in [0.15, 0.2) is 10.8 Å². The van der Waals surface area contributed by atoms with Gasteiger partial charge in [0, 0.05) is 25.0 Å². The van der Waals surface area contributed by atoms with Gasteiger partial charge in [0.2, 0.25) is 5.13 Å². The molecule has 1 atom stereocenters. The number of likely N-dealkylation sites (N-methyl/N-ethyl adjacent to an activating group) is 1. The van der Waals surface area contributed by atoms with Gasteiger partial charge in [0.1, 0.15) is 18.1 Å². The number of amides is 1. The van der Waals surface area contributed by atoms with E-state index in [4.69, 9.17) is 9.47 Å². The molecule has 3 heterocycles. The second kappa shape index (κ2) is 10.8. The maximum absolute atomic E-state index is 12.8. The fraction of sp³-hybridized carbons (Fsp3) is 0.217. The molecule has 0 spiro atoms. The van der Waals surface area contributed by atoms with Crippen molar-refractivity contribution in [2.75, 3.05) is 33.1 Å². The number of methoxy groups -OCH3 is 1. The monoisotopic (exact) mass is 477 g/mol. The van der Waals surface area contributed by atoms with Crippen molar-refractivity contribution in [3.63, 3.8) is 0 Å². The van der Waals surface area contributed by atoms with E-state index in [1.165, 1.54) is 31.0 Å². The molecule has 174 valence electrons. The van der Waals surface area contributed by atoms with Crippen LogP contribution in [0.4, 0.5) is 5.13 Å². The van der Waals surface area contributed by atoms with Crippen LogP contribution in [0.1, 0.15) is 22.0 Å². The molecule has 0 radical (unpaired) electrons. The van der Waals surface area contributed by atoms with Crippen LogP contribution in [0.25, 0.3) is 10.7 Å². The van der Waals surface area contributed by atoms with E-state index in [0.717, 1.165) is 5.56 Å². The summed E-state index contributed by atoms with van der Waals surface area (Å²) in [5.41, 5.74) is 1.94. The van der Waals surface area contributed by atoms with E-state index in [-0.39, 0.29) is 6.10 Å². The first-order valence-electron chi connectivity index (χ1n) is 10.3. The Hall–Kier alpha value is -3.96. The Labute approximate surface area is 200 Å². The van der Waals surface area contributed by atoms with Crippen molar-refractivity contribution >= 4 is 22.4 Å². The number of rotatable bonds is 9. The molecule has 1 aromatic carbocycles. The molecule has 0 saturated carbocycles. The molecule has 0 aliphatic rings. The minimum atomic E-state index is -0.393. The van der Waals surface area contributed by atoms with Crippen molar-refractivity contribution in [2.24, 2.45) is 0 Å². The lowest BCUT2D eigenvalue weighted by Gasteiger charge is -2.23. The highest BCUT2D eigenvalue weighted by Crippen LogP contribution is 2.31. The standard InChI is InChI=1S/C23H23N7O3S/c1-30(2)13-19(15-7-5-4-6-8-15)33-21-18(32-3)11-16(12-25-21)20(31)27-23-29-28-22(34-23)17-9-10-24-14-26-17/h4-12,14,19H,13H2,1-3H3,(H,27,29,31). The fourth-order valence-corrected chi connectivity index (χ4v) is 3.81.